The van der Waals surface area contributed by atoms with Crippen LogP contribution in [-0.4, -0.2) is 36.0 Å². The van der Waals surface area contributed by atoms with Crippen LogP contribution in [0.3, 0.4) is 0 Å². The zero-order valence-electron chi connectivity index (χ0n) is 11.8. The average molecular weight is 295 g/mol. The normalized spacial score (nSPS) is 10.4. The maximum atomic E-state index is 11.9. The van der Waals surface area contributed by atoms with Crippen molar-refractivity contribution >= 4 is 5.91 Å². The number of pyridine rings is 1. The highest BCUT2D eigenvalue weighted by Crippen LogP contribution is 2.11. The van der Waals surface area contributed by atoms with Gasteiger partial charge >= 0.3 is 0 Å². The smallest absolute Gasteiger partial charge is 0.271 e. The van der Waals surface area contributed by atoms with E-state index in [1.165, 1.54) is 6.20 Å². The molecule has 110 valence electrons. The molecule has 0 saturated heterocycles. The fourth-order valence-corrected chi connectivity index (χ4v) is 1.76. The van der Waals surface area contributed by atoms with Gasteiger partial charge in [0, 0.05) is 24.2 Å². The minimum atomic E-state index is -0.313. The van der Waals surface area contributed by atoms with Crippen LogP contribution >= 0.6 is 0 Å². The number of amides is 1. The molecule has 0 aliphatic carbocycles. The summed E-state index contributed by atoms with van der Waals surface area (Å²) < 4.78 is 0. The van der Waals surface area contributed by atoms with E-state index in [-0.39, 0.29) is 18.1 Å². The van der Waals surface area contributed by atoms with Crippen LogP contribution in [0.5, 0.6) is 0 Å². The Morgan fingerprint density at radius 2 is 2.18 bits per heavy atom. The van der Waals surface area contributed by atoms with Gasteiger partial charge in [-0.1, -0.05) is 0 Å². The first-order chi connectivity index (χ1) is 10.7. The molecule has 0 unspecified atom stereocenters. The summed E-state index contributed by atoms with van der Waals surface area (Å²) in [4.78, 5) is 28.3. The zero-order valence-corrected chi connectivity index (χ0v) is 11.8. The lowest BCUT2D eigenvalue weighted by molar-refractivity contribution is 0.0944. The Morgan fingerprint density at radius 1 is 1.27 bits per heavy atom. The number of nitrogens with zero attached hydrogens (tertiary/aromatic N) is 5. The maximum Gasteiger partial charge on any atom is 0.271 e. The summed E-state index contributed by atoms with van der Waals surface area (Å²) >= 11 is 0. The van der Waals surface area contributed by atoms with Crippen molar-refractivity contribution in [1.29, 1.82) is 0 Å². The average Bonchev–Trinajstić information content (AvgIpc) is 3.03. The van der Waals surface area contributed by atoms with Crippen LogP contribution in [0.15, 0.2) is 36.9 Å². The van der Waals surface area contributed by atoms with Crippen molar-refractivity contribution in [2.75, 3.05) is 0 Å². The molecule has 3 rings (SSSR count). The van der Waals surface area contributed by atoms with Gasteiger partial charge in [0.05, 0.1) is 18.4 Å². The summed E-state index contributed by atoms with van der Waals surface area (Å²) in [6, 6.07) is 3.67. The lowest BCUT2D eigenvalue weighted by Gasteiger charge is -2.01. The van der Waals surface area contributed by atoms with Crippen molar-refractivity contribution in [2.45, 2.75) is 13.5 Å². The first-order valence-electron chi connectivity index (χ1n) is 6.61. The van der Waals surface area contributed by atoms with Crippen LogP contribution in [0.2, 0.25) is 0 Å². The number of aryl methyl sites for hydroxylation is 1. The number of carbonyl (C=O) groups excluding carboxylic acids is 1. The Hall–Kier alpha value is -3.16. The summed E-state index contributed by atoms with van der Waals surface area (Å²) in [6.07, 6.45) is 6.34. The van der Waals surface area contributed by atoms with E-state index < -0.39 is 0 Å². The van der Waals surface area contributed by atoms with E-state index in [1.807, 2.05) is 19.1 Å². The molecule has 2 N–H and O–H groups in total. The molecule has 3 heterocycles. The van der Waals surface area contributed by atoms with Crippen LogP contribution in [0.1, 0.15) is 22.0 Å². The highest BCUT2D eigenvalue weighted by molar-refractivity contribution is 5.91. The molecule has 0 aliphatic rings. The Kier molecular flexibility index (Phi) is 3.82. The molecular weight excluding hydrogens is 282 g/mol. The van der Waals surface area contributed by atoms with Gasteiger partial charge in [-0.3, -0.25) is 19.9 Å². The third-order valence-electron chi connectivity index (χ3n) is 2.88. The third-order valence-corrected chi connectivity index (χ3v) is 2.88. The van der Waals surface area contributed by atoms with Gasteiger partial charge in [0.1, 0.15) is 11.5 Å². The first kappa shape index (κ1) is 13.8. The molecule has 22 heavy (non-hydrogen) atoms. The predicted molar refractivity (Wildman–Crippen MR) is 77.6 cm³/mol. The topological polar surface area (TPSA) is 109 Å². The van der Waals surface area contributed by atoms with E-state index in [2.05, 4.69) is 35.5 Å². The van der Waals surface area contributed by atoms with Crippen molar-refractivity contribution in [3.05, 3.63) is 54.1 Å². The standard InChI is InChI=1S/C14H13N7O/c1-9-5-17-11(7-16-9)14(22)18-8-12-19-13(21-20-12)10-3-2-4-15-6-10/h2-7H,8H2,1H3,(H,18,22)(H,19,20,21). The second-order valence-corrected chi connectivity index (χ2v) is 4.57. The van der Waals surface area contributed by atoms with E-state index in [0.717, 1.165) is 11.3 Å². The fraction of sp³-hybridized carbons (Fsp3) is 0.143. The second kappa shape index (κ2) is 6.08. The summed E-state index contributed by atoms with van der Waals surface area (Å²) in [6.45, 7) is 2.03. The monoisotopic (exact) mass is 295 g/mol. The Morgan fingerprint density at radius 3 is 2.91 bits per heavy atom. The number of rotatable bonds is 4. The van der Waals surface area contributed by atoms with Crippen molar-refractivity contribution in [3.8, 4) is 11.4 Å². The van der Waals surface area contributed by atoms with Gasteiger partial charge in [0.15, 0.2) is 5.82 Å². The van der Waals surface area contributed by atoms with E-state index in [4.69, 9.17) is 0 Å². The fourth-order valence-electron chi connectivity index (χ4n) is 1.76. The van der Waals surface area contributed by atoms with Crippen LogP contribution in [0.4, 0.5) is 0 Å². The third kappa shape index (κ3) is 3.11. The molecule has 0 aromatic carbocycles. The molecule has 0 bridgehead atoms. The maximum absolute atomic E-state index is 11.9. The zero-order chi connectivity index (χ0) is 15.4. The number of carbonyl (C=O) groups is 1. The predicted octanol–water partition coefficient (Wildman–Crippen LogP) is 0.895. The quantitative estimate of drug-likeness (QED) is 0.740. The Labute approximate surface area is 126 Å². The molecule has 8 heteroatoms. The van der Waals surface area contributed by atoms with E-state index in [9.17, 15) is 4.79 Å². The van der Waals surface area contributed by atoms with Crippen molar-refractivity contribution < 1.29 is 4.79 Å². The van der Waals surface area contributed by atoms with Crippen molar-refractivity contribution in [1.82, 2.24) is 35.5 Å². The highest BCUT2D eigenvalue weighted by Gasteiger charge is 2.10. The molecule has 3 aromatic heterocycles. The summed E-state index contributed by atoms with van der Waals surface area (Å²) in [5.74, 6) is 0.770. The summed E-state index contributed by atoms with van der Waals surface area (Å²) in [7, 11) is 0. The molecule has 0 saturated carbocycles. The summed E-state index contributed by atoms with van der Waals surface area (Å²) in [5.41, 5.74) is 1.83. The lowest BCUT2D eigenvalue weighted by Crippen LogP contribution is -2.24. The first-order valence-corrected chi connectivity index (χ1v) is 6.61. The van der Waals surface area contributed by atoms with Crippen LogP contribution in [0, 0.1) is 6.92 Å². The lowest BCUT2D eigenvalue weighted by atomic mass is 10.3. The molecule has 0 spiro atoms. The molecule has 1 amide bonds. The van der Waals surface area contributed by atoms with Gasteiger partial charge in [-0.2, -0.15) is 5.10 Å². The molecule has 0 radical (unpaired) electrons. The van der Waals surface area contributed by atoms with E-state index in [1.54, 1.807) is 18.6 Å². The largest absolute Gasteiger partial charge is 0.343 e. The van der Waals surface area contributed by atoms with Gasteiger partial charge in [-0.05, 0) is 19.1 Å². The van der Waals surface area contributed by atoms with E-state index in [0.29, 0.717) is 11.6 Å². The minimum absolute atomic E-state index is 0.224. The number of H-pyrrole nitrogens is 1. The minimum Gasteiger partial charge on any atom is -0.343 e. The SMILES string of the molecule is Cc1cnc(C(=O)NCc2nc(-c3cccnc3)n[nH]2)cn1. The van der Waals surface area contributed by atoms with Crippen molar-refractivity contribution in [2.24, 2.45) is 0 Å². The van der Waals surface area contributed by atoms with Gasteiger partial charge in [-0.25, -0.2) is 9.97 Å². The number of aromatic nitrogens is 6. The number of aromatic amines is 1. The molecule has 0 atom stereocenters. The van der Waals surface area contributed by atoms with Gasteiger partial charge in [-0.15, -0.1) is 0 Å². The number of hydrogen-bond donors (Lipinski definition) is 2. The van der Waals surface area contributed by atoms with Gasteiger partial charge < -0.3 is 5.32 Å². The van der Waals surface area contributed by atoms with Crippen molar-refractivity contribution in [3.63, 3.8) is 0 Å². The summed E-state index contributed by atoms with van der Waals surface area (Å²) in [5, 5.41) is 9.58. The van der Waals surface area contributed by atoms with Gasteiger partial charge in [0.2, 0.25) is 0 Å². The number of nitrogens with one attached hydrogen (secondary N) is 2. The molecular formula is C14H13N7O. The van der Waals surface area contributed by atoms with Crippen LogP contribution < -0.4 is 5.32 Å². The van der Waals surface area contributed by atoms with E-state index >= 15 is 0 Å². The second-order valence-electron chi connectivity index (χ2n) is 4.57. The molecule has 8 nitrogen and oxygen atoms in total. The number of hydrogen-bond acceptors (Lipinski definition) is 6. The van der Waals surface area contributed by atoms with Gasteiger partial charge in [0.25, 0.3) is 5.91 Å². The van der Waals surface area contributed by atoms with Crippen LogP contribution in [0.25, 0.3) is 11.4 Å². The Bertz CT molecular complexity index is 767. The molecule has 3 aromatic rings. The Balaban J connectivity index is 1.64. The molecule has 0 aliphatic heterocycles. The van der Waals surface area contributed by atoms with Crippen LogP contribution in [-0.2, 0) is 6.54 Å². The highest BCUT2D eigenvalue weighted by atomic mass is 16.1. The molecule has 0 fully saturated rings.